The fourth-order valence-corrected chi connectivity index (χ4v) is 4.47. The van der Waals surface area contributed by atoms with Crippen LogP contribution in [0.1, 0.15) is 82.8 Å². The fraction of sp³-hybridized carbons (Fsp3) is 0.621. The van der Waals surface area contributed by atoms with E-state index in [4.69, 9.17) is 14.2 Å². The molecule has 1 unspecified atom stereocenters. The third-order valence-electron chi connectivity index (χ3n) is 6.55. The highest BCUT2D eigenvalue weighted by molar-refractivity contribution is 5.97. The van der Waals surface area contributed by atoms with Gasteiger partial charge in [0.15, 0.2) is 11.6 Å². The molecule has 1 aliphatic heterocycles. The summed E-state index contributed by atoms with van der Waals surface area (Å²) in [7, 11) is 0. The minimum Gasteiger partial charge on any atom is -0.490 e. The van der Waals surface area contributed by atoms with Crippen molar-refractivity contribution in [2.45, 2.75) is 92.6 Å². The molecule has 184 valence electrons. The molecule has 1 aliphatic rings. The van der Waals surface area contributed by atoms with Crippen molar-refractivity contribution in [3.05, 3.63) is 53.6 Å². The van der Waals surface area contributed by atoms with E-state index in [1.165, 1.54) is 0 Å². The Balaban J connectivity index is 2.11. The van der Waals surface area contributed by atoms with Crippen LogP contribution in [0.4, 0.5) is 0 Å². The van der Waals surface area contributed by atoms with Gasteiger partial charge in [-0.2, -0.15) is 0 Å². The first-order valence-electron chi connectivity index (χ1n) is 12.4. The van der Waals surface area contributed by atoms with E-state index >= 15 is 0 Å². The minimum atomic E-state index is -0.583. The number of carbonyl (C=O) groups excluding carboxylic acids is 1. The Kier molecular flexibility index (Phi) is 9.93. The van der Waals surface area contributed by atoms with Crippen LogP contribution in [0.2, 0.25) is 0 Å². The molecule has 0 bridgehead atoms. The second-order valence-corrected chi connectivity index (χ2v) is 10.3. The normalized spacial score (nSPS) is 22.0. The van der Waals surface area contributed by atoms with Crippen LogP contribution in [-0.4, -0.2) is 30.4 Å². The van der Waals surface area contributed by atoms with Crippen molar-refractivity contribution in [2.75, 3.05) is 6.61 Å². The van der Waals surface area contributed by atoms with Gasteiger partial charge in [0.25, 0.3) is 0 Å². The SMILES string of the molecule is C=CCOc1cc(C)c(C(C)=O)c(CCC[C@@H]2OC(C)(C)OC2[C@H](C)/C=C\[C@@H](C)C(C)C)c1. The number of carbonyl (C=O) groups is 1. The second kappa shape index (κ2) is 12.0. The highest BCUT2D eigenvalue weighted by Crippen LogP contribution is 2.35. The number of ether oxygens (including phenoxy) is 3. The van der Waals surface area contributed by atoms with Crippen LogP contribution >= 0.6 is 0 Å². The van der Waals surface area contributed by atoms with Gasteiger partial charge in [0, 0.05) is 11.5 Å². The molecule has 1 saturated heterocycles. The van der Waals surface area contributed by atoms with E-state index in [9.17, 15) is 4.79 Å². The first-order valence-corrected chi connectivity index (χ1v) is 12.4. The number of hydrogen-bond donors (Lipinski definition) is 0. The molecular weight excluding hydrogens is 412 g/mol. The molecule has 1 aromatic rings. The molecule has 0 spiro atoms. The monoisotopic (exact) mass is 456 g/mol. The largest absolute Gasteiger partial charge is 0.490 e. The zero-order chi connectivity index (χ0) is 24.8. The molecule has 2 rings (SSSR count). The predicted octanol–water partition coefficient (Wildman–Crippen LogP) is 7.09. The Morgan fingerprint density at radius 3 is 2.48 bits per heavy atom. The summed E-state index contributed by atoms with van der Waals surface area (Å²) in [6, 6.07) is 3.93. The predicted molar refractivity (Wildman–Crippen MR) is 136 cm³/mol. The summed E-state index contributed by atoms with van der Waals surface area (Å²) >= 11 is 0. The lowest BCUT2D eigenvalue weighted by atomic mass is 9.90. The molecule has 4 heteroatoms. The van der Waals surface area contributed by atoms with E-state index in [0.717, 1.165) is 41.7 Å². The lowest BCUT2D eigenvalue weighted by Crippen LogP contribution is -2.29. The smallest absolute Gasteiger partial charge is 0.163 e. The van der Waals surface area contributed by atoms with Crippen molar-refractivity contribution in [3.63, 3.8) is 0 Å². The van der Waals surface area contributed by atoms with Crippen LogP contribution in [0.25, 0.3) is 0 Å². The van der Waals surface area contributed by atoms with E-state index in [1.807, 2.05) is 32.9 Å². The van der Waals surface area contributed by atoms with Crippen molar-refractivity contribution in [2.24, 2.45) is 17.8 Å². The van der Waals surface area contributed by atoms with E-state index in [0.29, 0.717) is 18.4 Å². The van der Waals surface area contributed by atoms with Gasteiger partial charge < -0.3 is 14.2 Å². The molecule has 1 heterocycles. The molecule has 0 radical (unpaired) electrons. The molecule has 4 atom stereocenters. The highest BCUT2D eigenvalue weighted by atomic mass is 16.8. The maximum atomic E-state index is 12.3. The van der Waals surface area contributed by atoms with Gasteiger partial charge in [-0.25, -0.2) is 0 Å². The van der Waals surface area contributed by atoms with Crippen LogP contribution in [0.3, 0.4) is 0 Å². The van der Waals surface area contributed by atoms with Crippen molar-refractivity contribution in [1.82, 2.24) is 0 Å². The van der Waals surface area contributed by atoms with Crippen LogP contribution in [0, 0.1) is 24.7 Å². The summed E-state index contributed by atoms with van der Waals surface area (Å²) < 4.78 is 18.3. The number of ketones is 1. The van der Waals surface area contributed by atoms with Gasteiger partial charge in [0.2, 0.25) is 0 Å². The summed E-state index contributed by atoms with van der Waals surface area (Å²) in [5.41, 5.74) is 2.80. The fourth-order valence-electron chi connectivity index (χ4n) is 4.47. The van der Waals surface area contributed by atoms with Crippen LogP contribution < -0.4 is 4.74 Å². The molecule has 1 aromatic carbocycles. The van der Waals surface area contributed by atoms with Crippen molar-refractivity contribution in [3.8, 4) is 5.75 Å². The van der Waals surface area contributed by atoms with Crippen molar-refractivity contribution < 1.29 is 19.0 Å². The van der Waals surface area contributed by atoms with E-state index < -0.39 is 5.79 Å². The van der Waals surface area contributed by atoms with E-state index in [1.54, 1.807) is 13.0 Å². The van der Waals surface area contributed by atoms with Crippen LogP contribution in [-0.2, 0) is 15.9 Å². The van der Waals surface area contributed by atoms with E-state index in [-0.39, 0.29) is 23.9 Å². The minimum absolute atomic E-state index is 0.0203. The molecule has 4 nitrogen and oxygen atoms in total. The number of allylic oxidation sites excluding steroid dienone is 1. The lowest BCUT2D eigenvalue weighted by molar-refractivity contribution is -0.149. The summed E-state index contributed by atoms with van der Waals surface area (Å²) in [6.45, 7) is 20.7. The molecule has 1 fully saturated rings. The summed E-state index contributed by atoms with van der Waals surface area (Å²) in [4.78, 5) is 12.3. The molecular formula is C29H44O4. The van der Waals surface area contributed by atoms with Crippen LogP contribution in [0.15, 0.2) is 36.9 Å². The number of benzene rings is 1. The number of Topliss-reactive ketones (excluding diaryl/α,β-unsaturated/α-hetero) is 1. The van der Waals surface area contributed by atoms with Gasteiger partial charge >= 0.3 is 0 Å². The Labute approximate surface area is 201 Å². The maximum absolute atomic E-state index is 12.3. The van der Waals surface area contributed by atoms with Crippen molar-refractivity contribution in [1.29, 1.82) is 0 Å². The van der Waals surface area contributed by atoms with E-state index in [2.05, 4.69) is 46.4 Å². The third kappa shape index (κ3) is 7.82. The molecule has 0 amide bonds. The lowest BCUT2D eigenvalue weighted by Gasteiger charge is -2.22. The van der Waals surface area contributed by atoms with Crippen LogP contribution in [0.5, 0.6) is 5.75 Å². The molecule has 0 aromatic heterocycles. The third-order valence-corrected chi connectivity index (χ3v) is 6.55. The summed E-state index contributed by atoms with van der Waals surface area (Å²) in [5, 5.41) is 0. The standard InChI is InChI=1S/C29H44O4/c1-10-16-31-25-17-22(6)27(23(7)30)24(18-25)12-11-13-26-28(33-29(8,9)32-26)21(5)15-14-20(4)19(2)3/h10,14-15,17-21,26,28H,1,11-13,16H2,2-9H3/b15-14-/t20-,21-,26+,28?/m1/s1. The molecule has 0 aliphatic carbocycles. The topological polar surface area (TPSA) is 44.8 Å². The Morgan fingerprint density at radius 2 is 1.88 bits per heavy atom. The quantitative estimate of drug-likeness (QED) is 0.249. The van der Waals surface area contributed by atoms with Gasteiger partial charge in [-0.05, 0) is 82.1 Å². The van der Waals surface area contributed by atoms with Gasteiger partial charge in [0.05, 0.1) is 12.2 Å². The second-order valence-electron chi connectivity index (χ2n) is 10.3. The number of rotatable bonds is 12. The molecule has 33 heavy (non-hydrogen) atoms. The molecule has 0 N–H and O–H groups in total. The highest BCUT2D eigenvalue weighted by Gasteiger charge is 2.42. The Bertz CT molecular complexity index is 836. The average molecular weight is 457 g/mol. The zero-order valence-electron chi connectivity index (χ0n) is 21.9. The van der Waals surface area contributed by atoms with Gasteiger partial charge in [0.1, 0.15) is 12.4 Å². The maximum Gasteiger partial charge on any atom is 0.163 e. The average Bonchev–Trinajstić information content (AvgIpc) is 3.03. The number of aryl methyl sites for hydroxylation is 2. The number of hydrogen-bond acceptors (Lipinski definition) is 4. The Morgan fingerprint density at radius 1 is 1.18 bits per heavy atom. The van der Waals surface area contributed by atoms with Gasteiger partial charge in [-0.1, -0.05) is 52.5 Å². The molecule has 0 saturated carbocycles. The zero-order valence-corrected chi connectivity index (χ0v) is 21.9. The first-order chi connectivity index (χ1) is 15.4. The van der Waals surface area contributed by atoms with Crippen molar-refractivity contribution >= 4 is 5.78 Å². The summed E-state index contributed by atoms with van der Waals surface area (Å²) in [6.07, 6.45) is 8.93. The Hall–Kier alpha value is -1.91. The van der Waals surface area contributed by atoms with Gasteiger partial charge in [-0.15, -0.1) is 0 Å². The first kappa shape index (κ1) is 27.3. The summed E-state index contributed by atoms with van der Waals surface area (Å²) in [5.74, 6) is 1.71. The van der Waals surface area contributed by atoms with Gasteiger partial charge in [-0.3, -0.25) is 4.79 Å².